The van der Waals surface area contributed by atoms with E-state index < -0.39 is 0 Å². The first-order valence-corrected chi connectivity index (χ1v) is 0. The summed E-state index contributed by atoms with van der Waals surface area (Å²) < 4.78 is 0. The molecular formula is H4CaSSe2. The minimum absolute atomic E-state index is 0. The molecule has 0 unspecified atom stereocenters. The predicted molar refractivity (Wildman–Crippen MR) is 30.4 cm³/mol. The van der Waals surface area contributed by atoms with E-state index in [9.17, 15) is 0 Å². The molecule has 0 saturated heterocycles. The quantitative estimate of drug-likeness (QED) is 0.444. The van der Waals surface area contributed by atoms with Crippen molar-refractivity contribution < 1.29 is 0 Å². The van der Waals surface area contributed by atoms with Gasteiger partial charge in [-0.1, -0.05) is 0 Å². The maximum atomic E-state index is 0. The zero-order valence-corrected chi connectivity index (χ0v) is 9.13. The Bertz CT molecular complexity index is 6.00. The summed E-state index contributed by atoms with van der Waals surface area (Å²) in [4.78, 5) is 0. The zero-order chi connectivity index (χ0) is 0. The fourth-order valence-electron chi connectivity index (χ4n) is 0. The van der Waals surface area contributed by atoms with E-state index in [0.29, 0.717) is 0 Å². The van der Waals surface area contributed by atoms with Crippen molar-refractivity contribution in [1.82, 2.24) is 0 Å². The second kappa shape index (κ2) is 17.4. The summed E-state index contributed by atoms with van der Waals surface area (Å²) in [7, 11) is 0. The first kappa shape index (κ1) is 30.2. The molecule has 0 N–H and O–H groups in total. The predicted octanol–water partition coefficient (Wildman–Crippen LogP) is -1.57. The van der Waals surface area contributed by atoms with Crippen molar-refractivity contribution >= 4 is 85.4 Å². The van der Waals surface area contributed by atoms with E-state index in [4.69, 9.17) is 0 Å². The van der Waals surface area contributed by atoms with Crippen molar-refractivity contribution in [3.8, 4) is 0 Å². The van der Waals surface area contributed by atoms with Crippen LogP contribution in [0.15, 0.2) is 0 Å². The van der Waals surface area contributed by atoms with Gasteiger partial charge in [-0.2, -0.15) is 13.5 Å². The molecule has 0 aromatic carbocycles. The summed E-state index contributed by atoms with van der Waals surface area (Å²) >= 11 is 0. The number of rotatable bonds is 0. The van der Waals surface area contributed by atoms with Gasteiger partial charge in [0, 0.05) is 0 Å². The van der Waals surface area contributed by atoms with Gasteiger partial charge in [-0.15, -0.1) is 0 Å². The minimum atomic E-state index is 0. The summed E-state index contributed by atoms with van der Waals surface area (Å²) in [6, 6.07) is 0. The second-order valence-corrected chi connectivity index (χ2v) is 0. The average Bonchev–Trinajstić information content (AvgIpc) is 0. The fraction of sp³-hybridized carbons (Fsp3) is 0. The van der Waals surface area contributed by atoms with Crippen molar-refractivity contribution in [3.63, 3.8) is 0 Å². The first-order valence-electron chi connectivity index (χ1n) is 0. The third-order valence-electron chi connectivity index (χ3n) is 0. The molecule has 0 nitrogen and oxygen atoms in total. The molecule has 4 heteroatoms. The summed E-state index contributed by atoms with van der Waals surface area (Å²) in [5, 5.41) is 0. The van der Waals surface area contributed by atoms with E-state index in [1.807, 2.05) is 0 Å². The molecule has 0 aromatic rings. The van der Waals surface area contributed by atoms with E-state index in [1.165, 1.54) is 0 Å². The summed E-state index contributed by atoms with van der Waals surface area (Å²) in [6.45, 7) is 0. The topological polar surface area (TPSA) is 0 Å². The van der Waals surface area contributed by atoms with Crippen LogP contribution >= 0.6 is 13.5 Å². The zero-order valence-electron chi connectivity index (χ0n) is 2.12. The molecule has 0 radical (unpaired) electrons. The normalized spacial score (nSPS) is 0. The third kappa shape index (κ3) is 8.82. The Balaban J connectivity index is 0. The molecule has 0 spiro atoms. The third-order valence-corrected chi connectivity index (χ3v) is 0. The fourth-order valence-corrected chi connectivity index (χ4v) is 0. The Hall–Kier alpha value is 2.65. The number of hydrogen-bond acceptors (Lipinski definition) is 0. The van der Waals surface area contributed by atoms with Crippen LogP contribution in [0.4, 0.5) is 0 Å². The molecule has 0 aliphatic carbocycles. The van der Waals surface area contributed by atoms with Crippen LogP contribution in [0.25, 0.3) is 0 Å². The Morgan fingerprint density at radius 3 is 1.00 bits per heavy atom. The van der Waals surface area contributed by atoms with Gasteiger partial charge in [0.25, 0.3) is 0 Å². The van der Waals surface area contributed by atoms with Gasteiger partial charge in [0.15, 0.2) is 0 Å². The van der Waals surface area contributed by atoms with Gasteiger partial charge in [0.05, 0.1) is 0 Å². The molecule has 0 atom stereocenters. The van der Waals surface area contributed by atoms with Crippen LogP contribution in [0, 0.1) is 0 Å². The monoisotopic (exact) mass is 236 g/mol. The second-order valence-electron chi connectivity index (χ2n) is 0. The molecule has 0 rings (SSSR count). The van der Waals surface area contributed by atoms with Gasteiger partial charge in [-0.25, -0.2) is 0 Å². The molecule has 24 valence electrons. The number of hydrogen-bond donors (Lipinski definition) is 0. The first-order chi connectivity index (χ1) is 0. The van der Waals surface area contributed by atoms with Crippen LogP contribution in [-0.2, 0) is 0 Å². The Labute approximate surface area is 83.9 Å². The van der Waals surface area contributed by atoms with Crippen LogP contribution in [0.2, 0.25) is 0 Å². The van der Waals surface area contributed by atoms with Gasteiger partial charge in [-0.05, 0) is 0 Å². The molecule has 0 aliphatic heterocycles. The SMILES string of the molecule is S.[Ca+2].[Se-2].[SeH2]. The van der Waals surface area contributed by atoms with Gasteiger partial charge in [-0.3, -0.25) is 0 Å². The summed E-state index contributed by atoms with van der Waals surface area (Å²) in [5.41, 5.74) is 0. The molecule has 4 heavy (non-hydrogen) atoms. The van der Waals surface area contributed by atoms with Crippen LogP contribution in [0.5, 0.6) is 0 Å². The Kier molecular flexibility index (Phi) is 132. The van der Waals surface area contributed by atoms with E-state index >= 15 is 0 Å². The Morgan fingerprint density at radius 1 is 1.00 bits per heavy atom. The standard InChI is InChI=1S/Ca.H2S.H2Se.Se/h;2*1H2;/q+2;;;-2. The van der Waals surface area contributed by atoms with Gasteiger partial charge < -0.3 is 17.1 Å². The molecule has 0 amide bonds. The van der Waals surface area contributed by atoms with Crippen molar-refractivity contribution in [2.75, 3.05) is 0 Å². The average molecular weight is 234 g/mol. The summed E-state index contributed by atoms with van der Waals surface area (Å²) in [6.07, 6.45) is 0. The van der Waals surface area contributed by atoms with Gasteiger partial charge in [0.2, 0.25) is 0 Å². The van der Waals surface area contributed by atoms with E-state index in [-0.39, 0.29) is 85.4 Å². The van der Waals surface area contributed by atoms with E-state index in [1.54, 1.807) is 0 Å². The maximum absolute atomic E-state index is 0. The van der Waals surface area contributed by atoms with Crippen molar-refractivity contribution in [1.29, 1.82) is 0 Å². The van der Waals surface area contributed by atoms with Crippen molar-refractivity contribution in [2.45, 2.75) is 0 Å². The van der Waals surface area contributed by atoms with E-state index in [0.717, 1.165) is 0 Å². The van der Waals surface area contributed by atoms with Crippen molar-refractivity contribution in [2.24, 2.45) is 0 Å². The molecule has 0 heterocycles. The van der Waals surface area contributed by atoms with Crippen LogP contribution in [-0.4, -0.2) is 71.9 Å². The molecular weight excluding hydrogens is 230 g/mol. The van der Waals surface area contributed by atoms with Crippen molar-refractivity contribution in [3.05, 3.63) is 0 Å². The summed E-state index contributed by atoms with van der Waals surface area (Å²) in [5.74, 6) is 0. The molecule has 0 aromatic heterocycles. The molecule has 0 bridgehead atoms. The van der Waals surface area contributed by atoms with Gasteiger partial charge in [0.1, 0.15) is 0 Å². The van der Waals surface area contributed by atoms with Crippen LogP contribution < -0.4 is 0 Å². The van der Waals surface area contributed by atoms with Gasteiger partial charge >= 0.3 is 54.8 Å². The van der Waals surface area contributed by atoms with Crippen LogP contribution in [0.3, 0.4) is 0 Å². The van der Waals surface area contributed by atoms with Crippen LogP contribution in [0.1, 0.15) is 0 Å². The Morgan fingerprint density at radius 2 is 1.00 bits per heavy atom. The van der Waals surface area contributed by atoms with E-state index in [2.05, 4.69) is 0 Å². The molecule has 0 fully saturated rings. The molecule has 0 saturated carbocycles. The molecule has 0 aliphatic rings.